The maximum atomic E-state index is 13.9. The van der Waals surface area contributed by atoms with Crippen molar-refractivity contribution in [2.24, 2.45) is 0 Å². The van der Waals surface area contributed by atoms with Crippen LogP contribution in [-0.4, -0.2) is 44.3 Å². The van der Waals surface area contributed by atoms with E-state index in [1.54, 1.807) is 54.6 Å². The van der Waals surface area contributed by atoms with Crippen molar-refractivity contribution in [2.45, 2.75) is 51.6 Å². The van der Waals surface area contributed by atoms with E-state index in [4.69, 9.17) is 0 Å². The average Bonchev–Trinajstić information content (AvgIpc) is 2.89. The third kappa shape index (κ3) is 6.77. The molecule has 2 amide bonds. The Balaban J connectivity index is 2.04. The molecule has 3 rings (SSSR count). The number of aryl methyl sites for hydroxylation is 2. The van der Waals surface area contributed by atoms with Crippen LogP contribution < -0.4 is 9.62 Å². The van der Waals surface area contributed by atoms with Crippen LogP contribution in [0.15, 0.2) is 83.8 Å². The van der Waals surface area contributed by atoms with Crippen molar-refractivity contribution >= 4 is 27.5 Å². The van der Waals surface area contributed by atoms with Gasteiger partial charge < -0.3 is 10.2 Å². The summed E-state index contributed by atoms with van der Waals surface area (Å²) in [6.07, 6.45) is 0.388. The van der Waals surface area contributed by atoms with Crippen LogP contribution in [0.3, 0.4) is 0 Å². The predicted molar refractivity (Wildman–Crippen MR) is 147 cm³/mol. The topological polar surface area (TPSA) is 86.8 Å². The minimum atomic E-state index is -4.06. The first-order valence-electron chi connectivity index (χ1n) is 12.4. The molecule has 0 saturated carbocycles. The van der Waals surface area contributed by atoms with E-state index < -0.39 is 28.5 Å². The summed E-state index contributed by atoms with van der Waals surface area (Å²) >= 11 is 0. The van der Waals surface area contributed by atoms with Gasteiger partial charge in [0.1, 0.15) is 12.6 Å². The van der Waals surface area contributed by atoms with Crippen LogP contribution in [0.25, 0.3) is 0 Å². The largest absolute Gasteiger partial charge is 0.355 e. The number of anilines is 1. The molecule has 7 nitrogen and oxygen atoms in total. The Morgan fingerprint density at radius 1 is 0.865 bits per heavy atom. The van der Waals surface area contributed by atoms with E-state index >= 15 is 0 Å². The van der Waals surface area contributed by atoms with Gasteiger partial charge in [-0.1, -0.05) is 67.1 Å². The second-order valence-electron chi connectivity index (χ2n) is 8.93. The first-order chi connectivity index (χ1) is 17.7. The fraction of sp³-hybridized carbons (Fsp3) is 0.310. The van der Waals surface area contributed by atoms with Gasteiger partial charge in [0.2, 0.25) is 11.8 Å². The summed E-state index contributed by atoms with van der Waals surface area (Å²) in [5.74, 6) is -0.722. The Bertz CT molecular complexity index is 1310. The fourth-order valence-electron chi connectivity index (χ4n) is 4.14. The molecule has 8 heteroatoms. The predicted octanol–water partition coefficient (Wildman–Crippen LogP) is 4.44. The SMILES string of the molecule is CCNC(=O)[C@@H](CC)N(Cc1ccccc1C)C(=O)CN(c1ccccc1)S(=O)(=O)c1ccc(C)cc1. The van der Waals surface area contributed by atoms with E-state index in [-0.39, 0.29) is 17.3 Å². The third-order valence-electron chi connectivity index (χ3n) is 6.27. The van der Waals surface area contributed by atoms with Crippen LogP contribution in [0, 0.1) is 13.8 Å². The van der Waals surface area contributed by atoms with Gasteiger partial charge in [0.25, 0.3) is 10.0 Å². The molecule has 196 valence electrons. The average molecular weight is 522 g/mol. The van der Waals surface area contributed by atoms with Crippen molar-refractivity contribution in [1.29, 1.82) is 0 Å². The summed E-state index contributed by atoms with van der Waals surface area (Å²) < 4.78 is 28.7. The van der Waals surface area contributed by atoms with Crippen molar-refractivity contribution in [2.75, 3.05) is 17.4 Å². The standard InChI is InChI=1S/C29H35N3O4S/c1-5-27(29(34)30-6-2)31(20-24-13-11-10-12-23(24)4)28(33)21-32(25-14-8-7-9-15-25)37(35,36)26-18-16-22(3)17-19-26/h7-19,27H,5-6,20-21H2,1-4H3,(H,30,34)/t27-/m1/s1. The zero-order valence-electron chi connectivity index (χ0n) is 21.8. The number of hydrogen-bond donors (Lipinski definition) is 1. The first kappa shape index (κ1) is 27.9. The van der Waals surface area contributed by atoms with E-state index in [9.17, 15) is 18.0 Å². The lowest BCUT2D eigenvalue weighted by Crippen LogP contribution is -2.52. The Morgan fingerprint density at radius 2 is 1.49 bits per heavy atom. The van der Waals surface area contributed by atoms with Gasteiger partial charge in [-0.15, -0.1) is 0 Å². The lowest BCUT2D eigenvalue weighted by molar-refractivity contribution is -0.140. The molecule has 0 heterocycles. The number of nitrogens with zero attached hydrogens (tertiary/aromatic N) is 2. The highest BCUT2D eigenvalue weighted by molar-refractivity contribution is 7.92. The van der Waals surface area contributed by atoms with Gasteiger partial charge in [-0.2, -0.15) is 0 Å². The second kappa shape index (κ2) is 12.5. The zero-order valence-corrected chi connectivity index (χ0v) is 22.7. The van der Waals surface area contributed by atoms with Gasteiger partial charge in [-0.3, -0.25) is 13.9 Å². The van der Waals surface area contributed by atoms with E-state index in [2.05, 4.69) is 5.32 Å². The first-order valence-corrected chi connectivity index (χ1v) is 13.9. The molecule has 3 aromatic rings. The van der Waals surface area contributed by atoms with E-state index in [1.807, 2.05) is 52.0 Å². The molecule has 0 aliphatic heterocycles. The van der Waals surface area contributed by atoms with Crippen LogP contribution in [-0.2, 0) is 26.2 Å². The quantitative estimate of drug-likeness (QED) is 0.404. The zero-order chi connectivity index (χ0) is 27.0. The fourth-order valence-corrected chi connectivity index (χ4v) is 5.56. The summed E-state index contributed by atoms with van der Waals surface area (Å²) in [4.78, 5) is 28.5. The molecular weight excluding hydrogens is 486 g/mol. The number of hydrogen-bond acceptors (Lipinski definition) is 4. The number of likely N-dealkylation sites (N-methyl/N-ethyl adjacent to an activating group) is 1. The number of carbonyl (C=O) groups excluding carboxylic acids is 2. The van der Waals surface area contributed by atoms with Gasteiger partial charge in [0.15, 0.2) is 0 Å². The van der Waals surface area contributed by atoms with Gasteiger partial charge in [0, 0.05) is 13.1 Å². The minimum Gasteiger partial charge on any atom is -0.355 e. The number of para-hydroxylation sites is 1. The molecule has 0 bridgehead atoms. The third-order valence-corrected chi connectivity index (χ3v) is 8.06. The van der Waals surface area contributed by atoms with Crippen LogP contribution in [0.5, 0.6) is 0 Å². The number of amides is 2. The van der Waals surface area contributed by atoms with Gasteiger partial charge in [-0.25, -0.2) is 8.42 Å². The molecule has 0 fully saturated rings. The summed E-state index contributed by atoms with van der Waals surface area (Å²) in [6, 6.07) is 22.0. The highest BCUT2D eigenvalue weighted by Gasteiger charge is 2.33. The van der Waals surface area contributed by atoms with Gasteiger partial charge in [-0.05, 0) is 62.6 Å². The van der Waals surface area contributed by atoms with Gasteiger partial charge >= 0.3 is 0 Å². The summed E-state index contributed by atoms with van der Waals surface area (Å²) in [6.45, 7) is 7.67. The van der Waals surface area contributed by atoms with Crippen molar-refractivity contribution < 1.29 is 18.0 Å². The smallest absolute Gasteiger partial charge is 0.264 e. The van der Waals surface area contributed by atoms with Crippen LogP contribution in [0.1, 0.15) is 37.0 Å². The van der Waals surface area contributed by atoms with Crippen LogP contribution in [0.2, 0.25) is 0 Å². The normalized spacial score (nSPS) is 12.0. The minimum absolute atomic E-state index is 0.0935. The van der Waals surface area contributed by atoms with Crippen molar-refractivity contribution in [1.82, 2.24) is 10.2 Å². The number of sulfonamides is 1. The molecule has 37 heavy (non-hydrogen) atoms. The molecule has 0 aliphatic rings. The van der Waals surface area contributed by atoms with Crippen molar-refractivity contribution in [3.05, 3.63) is 95.6 Å². The number of benzene rings is 3. The second-order valence-corrected chi connectivity index (χ2v) is 10.8. The Kier molecular flexibility index (Phi) is 9.47. The highest BCUT2D eigenvalue weighted by Crippen LogP contribution is 2.25. The van der Waals surface area contributed by atoms with E-state index in [0.29, 0.717) is 18.7 Å². The highest BCUT2D eigenvalue weighted by atomic mass is 32.2. The molecular formula is C29H35N3O4S. The lowest BCUT2D eigenvalue weighted by Gasteiger charge is -2.33. The lowest BCUT2D eigenvalue weighted by atomic mass is 10.1. The summed E-state index contributed by atoms with van der Waals surface area (Å²) in [7, 11) is -4.06. The summed E-state index contributed by atoms with van der Waals surface area (Å²) in [5.41, 5.74) is 3.18. The van der Waals surface area contributed by atoms with Crippen LogP contribution >= 0.6 is 0 Å². The Labute approximate surface area is 220 Å². The molecule has 1 N–H and O–H groups in total. The monoisotopic (exact) mass is 521 g/mol. The molecule has 0 spiro atoms. The number of nitrogens with one attached hydrogen (secondary N) is 1. The van der Waals surface area contributed by atoms with Crippen molar-refractivity contribution in [3.63, 3.8) is 0 Å². The molecule has 0 unspecified atom stereocenters. The molecule has 0 aliphatic carbocycles. The molecule has 3 aromatic carbocycles. The maximum absolute atomic E-state index is 13.9. The maximum Gasteiger partial charge on any atom is 0.264 e. The molecule has 1 atom stereocenters. The summed E-state index contributed by atoms with van der Waals surface area (Å²) in [5, 5.41) is 2.81. The van der Waals surface area contributed by atoms with Crippen LogP contribution in [0.4, 0.5) is 5.69 Å². The van der Waals surface area contributed by atoms with E-state index in [0.717, 1.165) is 21.0 Å². The van der Waals surface area contributed by atoms with E-state index in [1.165, 1.54) is 4.90 Å². The molecule has 0 saturated heterocycles. The Morgan fingerprint density at radius 3 is 2.08 bits per heavy atom. The molecule has 0 aromatic heterocycles. The molecule has 0 radical (unpaired) electrons. The number of rotatable bonds is 11. The van der Waals surface area contributed by atoms with Gasteiger partial charge in [0.05, 0.1) is 10.6 Å². The number of carbonyl (C=O) groups is 2. The Hall–Kier alpha value is -3.65. The van der Waals surface area contributed by atoms with Crippen molar-refractivity contribution in [3.8, 4) is 0 Å².